The predicted octanol–water partition coefficient (Wildman–Crippen LogP) is 5.55. The molecule has 3 aromatic carbocycles. The van der Waals surface area contributed by atoms with Gasteiger partial charge in [0.1, 0.15) is 17.0 Å². The number of ether oxygens (including phenoxy) is 1. The average Bonchev–Trinajstić information content (AvgIpc) is 2.91. The van der Waals surface area contributed by atoms with Crippen LogP contribution in [-0.4, -0.2) is 54.2 Å². The summed E-state index contributed by atoms with van der Waals surface area (Å²) in [6.45, 7) is 5.49. The molecule has 1 fully saturated rings. The summed E-state index contributed by atoms with van der Waals surface area (Å²) in [5.41, 5.74) is 5.35. The third-order valence-corrected chi connectivity index (χ3v) is 6.98. The number of amides is 1. The van der Waals surface area contributed by atoms with Crippen LogP contribution in [0.5, 0.6) is 11.5 Å². The molecule has 1 amide bonds. The second-order valence-electron chi connectivity index (χ2n) is 9.13. The molecule has 1 aromatic heterocycles. The standard InChI is InChI=1S/C29H29ClN4O3/c1-19(35)32-24-10-12-26(37-2)27(20-5-8-22(30)9-6-20)29(24)34-16-14-33(15-17-34)18-21-7-11-25(36)28-23(21)4-3-13-31-28/h3-13,36H,14-18H2,1-2H3,(H,32,35). The Balaban J connectivity index is 1.45. The number of carbonyl (C=O) groups is 1. The highest BCUT2D eigenvalue weighted by Crippen LogP contribution is 2.44. The minimum Gasteiger partial charge on any atom is -0.506 e. The summed E-state index contributed by atoms with van der Waals surface area (Å²) < 4.78 is 5.76. The minimum absolute atomic E-state index is 0.125. The lowest BCUT2D eigenvalue weighted by molar-refractivity contribution is -0.114. The van der Waals surface area contributed by atoms with E-state index in [-0.39, 0.29) is 11.7 Å². The average molecular weight is 517 g/mol. The molecule has 4 aromatic rings. The molecule has 0 bridgehead atoms. The van der Waals surface area contributed by atoms with Crippen molar-refractivity contribution >= 4 is 39.8 Å². The maximum Gasteiger partial charge on any atom is 0.221 e. The Morgan fingerprint density at radius 2 is 1.81 bits per heavy atom. The van der Waals surface area contributed by atoms with Crippen LogP contribution in [0.1, 0.15) is 12.5 Å². The summed E-state index contributed by atoms with van der Waals surface area (Å²) >= 11 is 6.17. The zero-order valence-electron chi connectivity index (χ0n) is 20.9. The highest BCUT2D eigenvalue weighted by atomic mass is 35.5. The molecule has 0 saturated carbocycles. The molecular weight excluding hydrogens is 488 g/mol. The first-order chi connectivity index (χ1) is 17.9. The SMILES string of the molecule is COc1ccc(NC(C)=O)c(N2CCN(Cc3ccc(O)c4ncccc34)CC2)c1-c1ccc(Cl)cc1. The smallest absolute Gasteiger partial charge is 0.221 e. The first kappa shape index (κ1) is 24.9. The van der Waals surface area contributed by atoms with Gasteiger partial charge in [-0.1, -0.05) is 35.9 Å². The molecule has 1 aliphatic heterocycles. The number of phenolic OH excluding ortho intramolecular Hbond substituents is 1. The van der Waals surface area contributed by atoms with Crippen molar-refractivity contribution in [2.24, 2.45) is 0 Å². The van der Waals surface area contributed by atoms with Gasteiger partial charge in [0.15, 0.2) is 0 Å². The first-order valence-electron chi connectivity index (χ1n) is 12.2. The van der Waals surface area contributed by atoms with E-state index in [9.17, 15) is 9.90 Å². The van der Waals surface area contributed by atoms with Crippen molar-refractivity contribution in [1.82, 2.24) is 9.88 Å². The van der Waals surface area contributed by atoms with Gasteiger partial charge in [-0.05, 0) is 47.5 Å². The topological polar surface area (TPSA) is 77.9 Å². The molecule has 0 radical (unpaired) electrons. The van der Waals surface area contributed by atoms with E-state index in [0.29, 0.717) is 10.5 Å². The number of aromatic hydroxyl groups is 1. The normalized spacial score (nSPS) is 14.1. The van der Waals surface area contributed by atoms with Crippen molar-refractivity contribution in [2.75, 3.05) is 43.5 Å². The van der Waals surface area contributed by atoms with Gasteiger partial charge in [-0.3, -0.25) is 14.7 Å². The van der Waals surface area contributed by atoms with Crippen molar-refractivity contribution in [3.63, 3.8) is 0 Å². The summed E-state index contributed by atoms with van der Waals surface area (Å²) in [6.07, 6.45) is 1.70. The maximum absolute atomic E-state index is 12.1. The highest BCUT2D eigenvalue weighted by Gasteiger charge is 2.26. The molecule has 190 valence electrons. The monoisotopic (exact) mass is 516 g/mol. The fraction of sp³-hybridized carbons (Fsp3) is 0.241. The Kier molecular flexibility index (Phi) is 7.17. The summed E-state index contributed by atoms with van der Waals surface area (Å²) in [5.74, 6) is 0.805. The second kappa shape index (κ2) is 10.7. The van der Waals surface area contributed by atoms with Crippen LogP contribution in [0.15, 0.2) is 66.9 Å². The van der Waals surface area contributed by atoms with Crippen molar-refractivity contribution < 1.29 is 14.6 Å². The van der Waals surface area contributed by atoms with Gasteiger partial charge in [0.2, 0.25) is 5.91 Å². The molecular formula is C29H29ClN4O3. The molecule has 5 rings (SSSR count). The molecule has 1 aliphatic rings. The maximum atomic E-state index is 12.1. The molecule has 2 heterocycles. The molecule has 1 saturated heterocycles. The van der Waals surface area contributed by atoms with Gasteiger partial charge in [-0.2, -0.15) is 0 Å². The van der Waals surface area contributed by atoms with Gasteiger partial charge in [0, 0.05) is 61.8 Å². The van der Waals surface area contributed by atoms with Crippen LogP contribution in [-0.2, 0) is 11.3 Å². The molecule has 2 N–H and O–H groups in total. The molecule has 8 heteroatoms. The van der Waals surface area contributed by atoms with E-state index in [1.807, 2.05) is 54.6 Å². The molecule has 7 nitrogen and oxygen atoms in total. The Labute approximate surface area is 221 Å². The number of piperazine rings is 1. The van der Waals surface area contributed by atoms with Crippen molar-refractivity contribution in [2.45, 2.75) is 13.5 Å². The van der Waals surface area contributed by atoms with E-state index < -0.39 is 0 Å². The number of nitrogens with one attached hydrogen (secondary N) is 1. The van der Waals surface area contributed by atoms with E-state index in [2.05, 4.69) is 20.1 Å². The number of phenols is 1. The van der Waals surface area contributed by atoms with Crippen molar-refractivity contribution in [3.8, 4) is 22.6 Å². The molecule has 37 heavy (non-hydrogen) atoms. The third-order valence-electron chi connectivity index (χ3n) is 6.72. The number of aromatic nitrogens is 1. The van der Waals surface area contributed by atoms with E-state index in [0.717, 1.165) is 71.9 Å². The number of pyridine rings is 1. The number of anilines is 2. The Bertz CT molecular complexity index is 1430. The summed E-state index contributed by atoms with van der Waals surface area (Å²) in [4.78, 5) is 21.1. The first-order valence-corrected chi connectivity index (χ1v) is 12.6. The van der Waals surface area contributed by atoms with E-state index in [1.165, 1.54) is 6.92 Å². The summed E-state index contributed by atoms with van der Waals surface area (Å²) in [5, 5.41) is 14.8. The van der Waals surface area contributed by atoms with E-state index in [4.69, 9.17) is 16.3 Å². The van der Waals surface area contributed by atoms with Crippen LogP contribution in [0.4, 0.5) is 11.4 Å². The number of benzene rings is 3. The fourth-order valence-electron chi connectivity index (χ4n) is 4.98. The number of hydrogen-bond donors (Lipinski definition) is 2. The van der Waals surface area contributed by atoms with Crippen LogP contribution >= 0.6 is 11.6 Å². The largest absolute Gasteiger partial charge is 0.506 e. The minimum atomic E-state index is -0.125. The number of hydrogen-bond acceptors (Lipinski definition) is 6. The molecule has 0 unspecified atom stereocenters. The second-order valence-corrected chi connectivity index (χ2v) is 9.57. The molecule has 0 aliphatic carbocycles. The number of methoxy groups -OCH3 is 1. The van der Waals surface area contributed by atoms with Gasteiger partial charge in [0.05, 0.1) is 18.5 Å². The number of rotatable bonds is 6. The number of nitrogens with zero attached hydrogens (tertiary/aromatic N) is 3. The summed E-state index contributed by atoms with van der Waals surface area (Å²) in [7, 11) is 1.66. The predicted molar refractivity (Wildman–Crippen MR) is 149 cm³/mol. The van der Waals surface area contributed by atoms with Gasteiger partial charge >= 0.3 is 0 Å². The highest BCUT2D eigenvalue weighted by molar-refractivity contribution is 6.30. The number of carbonyl (C=O) groups excluding carboxylic acids is 1. The lowest BCUT2D eigenvalue weighted by Crippen LogP contribution is -2.46. The van der Waals surface area contributed by atoms with Crippen LogP contribution in [0, 0.1) is 0 Å². The third kappa shape index (κ3) is 5.19. The van der Waals surface area contributed by atoms with E-state index >= 15 is 0 Å². The van der Waals surface area contributed by atoms with Gasteiger partial charge in [-0.15, -0.1) is 0 Å². The van der Waals surface area contributed by atoms with E-state index in [1.54, 1.807) is 19.4 Å². The Morgan fingerprint density at radius 3 is 2.51 bits per heavy atom. The fourth-order valence-corrected chi connectivity index (χ4v) is 5.11. The lowest BCUT2D eigenvalue weighted by Gasteiger charge is -2.38. The van der Waals surface area contributed by atoms with Crippen LogP contribution in [0.25, 0.3) is 22.0 Å². The number of halogens is 1. The van der Waals surface area contributed by atoms with Crippen molar-refractivity contribution in [1.29, 1.82) is 0 Å². The quantitative estimate of drug-likeness (QED) is 0.350. The van der Waals surface area contributed by atoms with Crippen LogP contribution in [0.3, 0.4) is 0 Å². The zero-order valence-corrected chi connectivity index (χ0v) is 21.6. The van der Waals surface area contributed by atoms with Gasteiger partial charge < -0.3 is 20.1 Å². The number of fused-ring (bicyclic) bond motifs is 1. The zero-order chi connectivity index (χ0) is 25.9. The Morgan fingerprint density at radius 1 is 1.05 bits per heavy atom. The summed E-state index contributed by atoms with van der Waals surface area (Å²) in [6, 6.07) is 19.0. The Hall–Kier alpha value is -3.81. The van der Waals surface area contributed by atoms with Crippen LogP contribution in [0.2, 0.25) is 5.02 Å². The van der Waals surface area contributed by atoms with Gasteiger partial charge in [0.25, 0.3) is 0 Å². The molecule has 0 spiro atoms. The van der Waals surface area contributed by atoms with Gasteiger partial charge in [-0.25, -0.2) is 0 Å². The van der Waals surface area contributed by atoms with Crippen molar-refractivity contribution in [3.05, 3.63) is 77.4 Å². The lowest BCUT2D eigenvalue weighted by atomic mass is 9.99. The molecule has 0 atom stereocenters. The van der Waals surface area contributed by atoms with Crippen LogP contribution < -0.4 is 15.0 Å².